The maximum atomic E-state index is 11.9. The van der Waals surface area contributed by atoms with Gasteiger partial charge in [-0.15, -0.1) is 0 Å². The number of thiophene rings is 1. The maximum Gasteiger partial charge on any atom is 0.336 e. The molecular weight excluding hydrogens is 316 g/mol. The molecule has 0 bridgehead atoms. The van der Waals surface area contributed by atoms with Crippen LogP contribution < -0.4 is 10.4 Å². The van der Waals surface area contributed by atoms with Gasteiger partial charge in [-0.25, -0.2) is 4.79 Å². The number of carbonyl (C=O) groups is 1. The number of hydrogen-bond donors (Lipinski definition) is 0. The molecule has 0 N–H and O–H groups in total. The summed E-state index contributed by atoms with van der Waals surface area (Å²) < 4.78 is 15.5. The van der Waals surface area contributed by atoms with Crippen LogP contribution in [0.4, 0.5) is 0 Å². The van der Waals surface area contributed by atoms with Gasteiger partial charge in [0.05, 0.1) is 13.5 Å². The molecule has 0 unspecified atom stereocenters. The molecule has 0 saturated carbocycles. The van der Waals surface area contributed by atoms with Gasteiger partial charge in [-0.3, -0.25) is 4.79 Å². The van der Waals surface area contributed by atoms with Gasteiger partial charge >= 0.3 is 11.6 Å². The smallest absolute Gasteiger partial charge is 0.336 e. The van der Waals surface area contributed by atoms with Crippen molar-refractivity contribution in [1.82, 2.24) is 0 Å². The largest absolute Gasteiger partial charge is 0.497 e. The highest BCUT2D eigenvalue weighted by Crippen LogP contribution is 2.23. The predicted octanol–water partition coefficient (Wildman–Crippen LogP) is 3.15. The molecule has 0 radical (unpaired) electrons. The zero-order chi connectivity index (χ0) is 16.2. The lowest BCUT2D eigenvalue weighted by Gasteiger charge is -2.08. The number of esters is 1. The van der Waals surface area contributed by atoms with Crippen LogP contribution in [0.5, 0.6) is 5.75 Å². The number of hydrogen-bond acceptors (Lipinski definition) is 6. The summed E-state index contributed by atoms with van der Waals surface area (Å²) in [6, 6.07) is 8.39. The van der Waals surface area contributed by atoms with Gasteiger partial charge in [0.1, 0.15) is 17.9 Å². The highest BCUT2D eigenvalue weighted by molar-refractivity contribution is 7.07. The number of fused-ring (bicyclic) bond motifs is 1. The second-order valence-corrected chi connectivity index (χ2v) is 5.70. The zero-order valence-electron chi connectivity index (χ0n) is 12.4. The summed E-state index contributed by atoms with van der Waals surface area (Å²) in [5.74, 6) is 0.255. The lowest BCUT2D eigenvalue weighted by atomic mass is 10.1. The second kappa shape index (κ2) is 6.66. The summed E-state index contributed by atoms with van der Waals surface area (Å²) in [5, 5.41) is 4.53. The summed E-state index contributed by atoms with van der Waals surface area (Å²) in [5.41, 5.74) is 1.44. The SMILES string of the molecule is COc1ccc2c(COC(=O)Cc3ccsc3)cc(=O)oc2c1. The highest BCUT2D eigenvalue weighted by atomic mass is 32.1. The van der Waals surface area contributed by atoms with Crippen LogP contribution in [0.25, 0.3) is 11.0 Å². The van der Waals surface area contributed by atoms with E-state index >= 15 is 0 Å². The minimum absolute atomic E-state index is 0.0252. The first-order valence-corrected chi connectivity index (χ1v) is 7.87. The van der Waals surface area contributed by atoms with Gasteiger partial charge in [-0.2, -0.15) is 11.3 Å². The van der Waals surface area contributed by atoms with Gasteiger partial charge in [0, 0.05) is 23.1 Å². The quantitative estimate of drug-likeness (QED) is 0.531. The van der Waals surface area contributed by atoms with E-state index in [1.165, 1.54) is 24.5 Å². The molecule has 0 aliphatic heterocycles. The molecule has 0 atom stereocenters. The fraction of sp³-hybridized carbons (Fsp3) is 0.176. The fourth-order valence-electron chi connectivity index (χ4n) is 2.23. The van der Waals surface area contributed by atoms with Gasteiger partial charge in [0.2, 0.25) is 0 Å². The Labute approximate surface area is 136 Å². The van der Waals surface area contributed by atoms with Crippen molar-refractivity contribution in [2.75, 3.05) is 7.11 Å². The minimum atomic E-state index is -0.491. The number of methoxy groups -OCH3 is 1. The molecule has 0 fully saturated rings. The van der Waals surface area contributed by atoms with E-state index in [0.29, 0.717) is 22.3 Å². The molecule has 2 heterocycles. The topological polar surface area (TPSA) is 65.7 Å². The Morgan fingerprint density at radius 2 is 2.13 bits per heavy atom. The van der Waals surface area contributed by atoms with Crippen molar-refractivity contribution in [3.8, 4) is 5.75 Å². The number of ether oxygens (including phenoxy) is 2. The van der Waals surface area contributed by atoms with Crippen LogP contribution >= 0.6 is 11.3 Å². The molecule has 3 aromatic rings. The van der Waals surface area contributed by atoms with Crippen molar-refractivity contribution in [1.29, 1.82) is 0 Å². The molecule has 1 aromatic carbocycles. The molecule has 0 aliphatic carbocycles. The monoisotopic (exact) mass is 330 g/mol. The molecule has 3 rings (SSSR count). The third-order valence-electron chi connectivity index (χ3n) is 3.35. The van der Waals surface area contributed by atoms with Crippen molar-refractivity contribution in [2.24, 2.45) is 0 Å². The summed E-state index contributed by atoms with van der Waals surface area (Å²) in [4.78, 5) is 23.5. The van der Waals surface area contributed by atoms with E-state index in [1.54, 1.807) is 18.2 Å². The van der Waals surface area contributed by atoms with Crippen molar-refractivity contribution in [3.05, 3.63) is 62.6 Å². The molecule has 118 valence electrons. The first kappa shape index (κ1) is 15.3. The van der Waals surface area contributed by atoms with Crippen LogP contribution in [-0.2, 0) is 22.6 Å². The van der Waals surface area contributed by atoms with E-state index < -0.39 is 5.63 Å². The van der Waals surface area contributed by atoms with E-state index in [0.717, 1.165) is 5.56 Å². The summed E-state index contributed by atoms with van der Waals surface area (Å²) in [7, 11) is 1.54. The summed E-state index contributed by atoms with van der Waals surface area (Å²) in [6.45, 7) is 0.0252. The minimum Gasteiger partial charge on any atom is -0.497 e. The van der Waals surface area contributed by atoms with Gasteiger partial charge in [-0.1, -0.05) is 0 Å². The van der Waals surface area contributed by atoms with Crippen LogP contribution in [0, 0.1) is 0 Å². The highest BCUT2D eigenvalue weighted by Gasteiger charge is 2.10. The molecular formula is C17H14O5S. The van der Waals surface area contributed by atoms with Crippen LogP contribution in [0.1, 0.15) is 11.1 Å². The maximum absolute atomic E-state index is 11.9. The molecule has 2 aromatic heterocycles. The summed E-state index contributed by atoms with van der Waals surface area (Å²) >= 11 is 1.53. The zero-order valence-corrected chi connectivity index (χ0v) is 13.2. The Morgan fingerprint density at radius 3 is 2.87 bits per heavy atom. The lowest BCUT2D eigenvalue weighted by Crippen LogP contribution is -2.09. The molecule has 0 aliphatic rings. The van der Waals surface area contributed by atoms with Crippen LogP contribution in [0.3, 0.4) is 0 Å². The molecule has 6 heteroatoms. The molecule has 0 saturated heterocycles. The predicted molar refractivity (Wildman–Crippen MR) is 86.9 cm³/mol. The second-order valence-electron chi connectivity index (χ2n) is 4.92. The number of carbonyl (C=O) groups excluding carboxylic acids is 1. The molecule has 5 nitrogen and oxygen atoms in total. The van der Waals surface area contributed by atoms with Gasteiger partial charge in [0.25, 0.3) is 0 Å². The Balaban J connectivity index is 1.79. The van der Waals surface area contributed by atoms with Gasteiger partial charge in [-0.05, 0) is 34.5 Å². The fourth-order valence-corrected chi connectivity index (χ4v) is 2.89. The molecule has 23 heavy (non-hydrogen) atoms. The Kier molecular flexibility index (Phi) is 4.43. The average Bonchev–Trinajstić information content (AvgIpc) is 3.04. The Hall–Kier alpha value is -2.60. The van der Waals surface area contributed by atoms with E-state index in [4.69, 9.17) is 13.9 Å². The van der Waals surface area contributed by atoms with E-state index in [-0.39, 0.29) is 19.0 Å². The average molecular weight is 330 g/mol. The number of benzene rings is 1. The van der Waals surface area contributed by atoms with E-state index in [2.05, 4.69) is 0 Å². The van der Waals surface area contributed by atoms with E-state index in [9.17, 15) is 9.59 Å². The lowest BCUT2D eigenvalue weighted by molar-refractivity contribution is -0.144. The van der Waals surface area contributed by atoms with Crippen LogP contribution in [0.2, 0.25) is 0 Å². The number of rotatable bonds is 5. The van der Waals surface area contributed by atoms with Gasteiger partial charge < -0.3 is 13.9 Å². The van der Waals surface area contributed by atoms with Crippen molar-refractivity contribution in [2.45, 2.75) is 13.0 Å². The van der Waals surface area contributed by atoms with Crippen molar-refractivity contribution in [3.63, 3.8) is 0 Å². The van der Waals surface area contributed by atoms with Crippen LogP contribution in [-0.4, -0.2) is 13.1 Å². The third kappa shape index (κ3) is 3.60. The van der Waals surface area contributed by atoms with Crippen LogP contribution in [0.15, 0.2) is 50.3 Å². The first-order chi connectivity index (χ1) is 11.2. The van der Waals surface area contributed by atoms with Gasteiger partial charge in [0.15, 0.2) is 0 Å². The van der Waals surface area contributed by atoms with E-state index in [1.807, 2.05) is 16.8 Å². The van der Waals surface area contributed by atoms with Crippen molar-refractivity contribution >= 4 is 28.3 Å². The molecule has 0 amide bonds. The first-order valence-electron chi connectivity index (χ1n) is 6.93. The van der Waals surface area contributed by atoms with Crippen molar-refractivity contribution < 1.29 is 18.7 Å². The normalized spacial score (nSPS) is 10.7. The third-order valence-corrected chi connectivity index (χ3v) is 4.09. The summed E-state index contributed by atoms with van der Waals surface area (Å²) in [6.07, 6.45) is 0.219. The Morgan fingerprint density at radius 1 is 1.26 bits per heavy atom. The Bertz CT molecular complexity index is 880. The standard InChI is InChI=1S/C17H14O5S/c1-20-13-2-3-14-12(7-17(19)22-15(14)8-13)9-21-16(18)6-11-4-5-23-10-11/h2-5,7-8,10H,6,9H2,1H3. The molecule has 0 spiro atoms.